The fourth-order valence-corrected chi connectivity index (χ4v) is 1.84. The lowest BCUT2D eigenvalue weighted by Gasteiger charge is -2.44. The second kappa shape index (κ2) is 4.85. The van der Waals surface area contributed by atoms with E-state index in [0.29, 0.717) is 0 Å². The van der Waals surface area contributed by atoms with Gasteiger partial charge in [-0.05, 0) is 11.0 Å². The Hall–Kier alpha value is -0.860. The van der Waals surface area contributed by atoms with Crippen LogP contribution in [0.4, 0.5) is 13.2 Å². The summed E-state index contributed by atoms with van der Waals surface area (Å²) in [4.78, 5) is 0. The van der Waals surface area contributed by atoms with Gasteiger partial charge in [0.15, 0.2) is 0 Å². The molecule has 0 bridgehead atoms. The molecule has 1 aromatic carbocycles. The van der Waals surface area contributed by atoms with Crippen molar-refractivity contribution >= 4 is 15.7 Å². The van der Waals surface area contributed by atoms with Crippen LogP contribution in [0.3, 0.4) is 0 Å². The van der Waals surface area contributed by atoms with Crippen LogP contribution in [-0.2, 0) is 10.6 Å². The van der Waals surface area contributed by atoms with Gasteiger partial charge >= 0.3 is 6.18 Å². The molecule has 0 saturated carbocycles. The number of rotatable bonds is 2. The van der Waals surface area contributed by atoms with Crippen LogP contribution in [0.2, 0.25) is 0 Å². The minimum Gasteiger partial charge on any atom is -0.171 e. The van der Waals surface area contributed by atoms with E-state index in [1.807, 2.05) is 20.8 Å². The molecule has 1 aromatic rings. The van der Waals surface area contributed by atoms with Crippen molar-refractivity contribution in [2.75, 3.05) is 0 Å². The second-order valence-corrected chi connectivity index (χ2v) is 6.82. The average molecular weight is 278 g/mol. The molecule has 106 valence electrons. The molecule has 5 heteroatoms. The zero-order valence-electron chi connectivity index (χ0n) is 12.6. The highest BCUT2D eigenvalue weighted by molar-refractivity contribution is 6.40. The standard InChI is InChI=1S/C15H19B2F3/c1-12(2,3)10-6-8-11(9-7-10)14(16,17)13(4,5)15(18,19)20/h6-9H,1-5H3. The maximum atomic E-state index is 13.1. The fraction of sp³-hybridized carbons (Fsp3) is 0.600. The van der Waals surface area contributed by atoms with Crippen LogP contribution < -0.4 is 0 Å². The zero-order valence-corrected chi connectivity index (χ0v) is 12.6. The minimum atomic E-state index is -4.49. The Bertz CT molecular complexity index is 465. The van der Waals surface area contributed by atoms with Crippen molar-refractivity contribution in [2.24, 2.45) is 5.41 Å². The minimum absolute atomic E-state index is 0.0794. The van der Waals surface area contributed by atoms with E-state index in [1.54, 1.807) is 24.3 Å². The van der Waals surface area contributed by atoms with Crippen molar-refractivity contribution in [3.8, 4) is 0 Å². The summed E-state index contributed by atoms with van der Waals surface area (Å²) in [6.45, 7) is 8.12. The second-order valence-electron chi connectivity index (χ2n) is 6.82. The normalized spacial score (nSPS) is 14.4. The van der Waals surface area contributed by atoms with E-state index in [-0.39, 0.29) is 11.0 Å². The molecule has 0 unspecified atom stereocenters. The van der Waals surface area contributed by atoms with Crippen molar-refractivity contribution in [2.45, 2.75) is 51.4 Å². The van der Waals surface area contributed by atoms with Gasteiger partial charge in [-0.1, -0.05) is 69.7 Å². The summed E-state index contributed by atoms with van der Waals surface area (Å²) in [6.07, 6.45) is -4.49. The first-order valence-corrected chi connectivity index (χ1v) is 6.47. The third-order valence-electron chi connectivity index (χ3n) is 3.97. The molecule has 0 saturated heterocycles. The summed E-state index contributed by atoms with van der Waals surface area (Å²) in [5.41, 5.74) is -1.03. The summed E-state index contributed by atoms with van der Waals surface area (Å²) in [6, 6.07) is 6.70. The van der Waals surface area contributed by atoms with E-state index in [2.05, 4.69) is 0 Å². The lowest BCUT2D eigenvalue weighted by Crippen LogP contribution is -2.52. The maximum absolute atomic E-state index is 13.1. The number of halogens is 3. The summed E-state index contributed by atoms with van der Waals surface area (Å²) < 4.78 is 39.4. The van der Waals surface area contributed by atoms with Crippen LogP contribution in [0.1, 0.15) is 45.7 Å². The van der Waals surface area contributed by atoms with Gasteiger partial charge in [-0.15, -0.1) is 0 Å². The Morgan fingerprint density at radius 2 is 1.10 bits per heavy atom. The molecule has 0 fully saturated rings. The summed E-state index contributed by atoms with van der Waals surface area (Å²) in [5, 5.41) is -1.98. The Morgan fingerprint density at radius 3 is 1.40 bits per heavy atom. The van der Waals surface area contributed by atoms with Gasteiger partial charge in [0.2, 0.25) is 0 Å². The number of benzene rings is 1. The fourth-order valence-electron chi connectivity index (χ4n) is 1.84. The molecule has 0 spiro atoms. The first-order chi connectivity index (χ1) is 8.71. The lowest BCUT2D eigenvalue weighted by atomic mass is 9.40. The van der Waals surface area contributed by atoms with Crippen molar-refractivity contribution in [3.05, 3.63) is 35.4 Å². The third kappa shape index (κ3) is 2.91. The van der Waals surface area contributed by atoms with Crippen LogP contribution in [0.25, 0.3) is 0 Å². The van der Waals surface area contributed by atoms with Gasteiger partial charge in [0.1, 0.15) is 0 Å². The predicted octanol–water partition coefficient (Wildman–Crippen LogP) is 4.06. The SMILES string of the molecule is [B]C([B])(c1ccc(C(C)(C)C)cc1)C(C)(C)C(F)(F)F. The highest BCUT2D eigenvalue weighted by Crippen LogP contribution is 2.48. The first kappa shape index (κ1) is 17.2. The molecule has 1 rings (SSSR count). The lowest BCUT2D eigenvalue weighted by molar-refractivity contribution is -0.217. The molecule has 4 radical (unpaired) electrons. The van der Waals surface area contributed by atoms with Gasteiger partial charge < -0.3 is 0 Å². The largest absolute Gasteiger partial charge is 0.393 e. The number of hydrogen-bond acceptors (Lipinski definition) is 0. The molecule has 0 aliphatic rings. The first-order valence-electron chi connectivity index (χ1n) is 6.47. The quantitative estimate of drug-likeness (QED) is 0.715. The zero-order chi connectivity index (χ0) is 16.0. The summed E-state index contributed by atoms with van der Waals surface area (Å²) in [5.74, 6) is 0. The summed E-state index contributed by atoms with van der Waals surface area (Å²) >= 11 is 0. The van der Waals surface area contributed by atoms with Gasteiger partial charge in [-0.2, -0.15) is 13.2 Å². The van der Waals surface area contributed by atoms with E-state index in [4.69, 9.17) is 15.7 Å². The Labute approximate surface area is 122 Å². The Balaban J connectivity index is 3.24. The maximum Gasteiger partial charge on any atom is 0.393 e. The Morgan fingerprint density at radius 1 is 0.750 bits per heavy atom. The molecule has 0 nitrogen and oxygen atoms in total. The average Bonchev–Trinajstić information content (AvgIpc) is 2.26. The number of alkyl halides is 3. The van der Waals surface area contributed by atoms with Gasteiger partial charge in [-0.25, -0.2) is 0 Å². The molecule has 0 heterocycles. The highest BCUT2D eigenvalue weighted by Gasteiger charge is 2.55. The molecule has 0 amide bonds. The third-order valence-corrected chi connectivity index (χ3v) is 3.97. The molecule has 20 heavy (non-hydrogen) atoms. The molecule has 0 aliphatic heterocycles. The van der Waals surface area contributed by atoms with Crippen molar-refractivity contribution in [1.82, 2.24) is 0 Å². The van der Waals surface area contributed by atoms with Gasteiger partial charge in [0.05, 0.1) is 21.1 Å². The van der Waals surface area contributed by atoms with Crippen LogP contribution in [0.5, 0.6) is 0 Å². The van der Waals surface area contributed by atoms with E-state index in [9.17, 15) is 13.2 Å². The molecular formula is C15H19B2F3. The van der Waals surface area contributed by atoms with Gasteiger partial charge in [0, 0.05) is 0 Å². The van der Waals surface area contributed by atoms with E-state index in [0.717, 1.165) is 19.4 Å². The van der Waals surface area contributed by atoms with Crippen LogP contribution in [-0.4, -0.2) is 21.9 Å². The van der Waals surface area contributed by atoms with Crippen LogP contribution in [0, 0.1) is 5.41 Å². The van der Waals surface area contributed by atoms with Gasteiger partial charge in [0.25, 0.3) is 0 Å². The van der Waals surface area contributed by atoms with Crippen LogP contribution in [0.15, 0.2) is 24.3 Å². The summed E-state index contributed by atoms with van der Waals surface area (Å²) in [7, 11) is 11.6. The van der Waals surface area contributed by atoms with E-state index >= 15 is 0 Å². The van der Waals surface area contributed by atoms with Crippen molar-refractivity contribution in [3.63, 3.8) is 0 Å². The molecular weight excluding hydrogens is 259 g/mol. The van der Waals surface area contributed by atoms with E-state index in [1.165, 1.54) is 0 Å². The monoisotopic (exact) mass is 278 g/mol. The van der Waals surface area contributed by atoms with Crippen molar-refractivity contribution in [1.29, 1.82) is 0 Å². The van der Waals surface area contributed by atoms with Crippen molar-refractivity contribution < 1.29 is 13.2 Å². The van der Waals surface area contributed by atoms with Crippen LogP contribution >= 0.6 is 0 Å². The molecule has 0 N–H and O–H groups in total. The molecule has 0 aromatic heterocycles. The topological polar surface area (TPSA) is 0 Å². The molecule has 0 aliphatic carbocycles. The van der Waals surface area contributed by atoms with E-state index < -0.39 is 16.8 Å². The molecule has 0 atom stereocenters. The van der Waals surface area contributed by atoms with Gasteiger partial charge in [-0.3, -0.25) is 0 Å². The smallest absolute Gasteiger partial charge is 0.171 e. The number of hydrogen-bond donors (Lipinski definition) is 0. The Kier molecular flexibility index (Phi) is 4.17. The predicted molar refractivity (Wildman–Crippen MR) is 78.2 cm³/mol. The highest BCUT2D eigenvalue weighted by atomic mass is 19.4.